The molecule has 0 unspecified atom stereocenters. The van der Waals surface area contributed by atoms with Crippen molar-refractivity contribution in [2.75, 3.05) is 14.1 Å². The van der Waals surface area contributed by atoms with E-state index < -0.39 is 0 Å². The Hall–Kier alpha value is -2.43. The second kappa shape index (κ2) is 5.27. The molecular weight excluding hydrogens is 230 g/mol. The number of benzene rings is 1. The maximum Gasteiger partial charge on any atom is 0.253 e. The molecular formula is C13H13N3O2. The fraction of sp³-hybridized carbons (Fsp3) is 0.154. The lowest BCUT2D eigenvalue weighted by atomic mass is 10.2. The van der Waals surface area contributed by atoms with Gasteiger partial charge in [0.1, 0.15) is 5.75 Å². The molecule has 2 aromatic rings. The first-order valence-electron chi connectivity index (χ1n) is 5.42. The molecule has 5 heteroatoms. The van der Waals surface area contributed by atoms with Gasteiger partial charge in [-0.2, -0.15) is 0 Å². The van der Waals surface area contributed by atoms with Gasteiger partial charge in [0.15, 0.2) is 0 Å². The molecule has 0 aliphatic carbocycles. The van der Waals surface area contributed by atoms with Crippen molar-refractivity contribution in [1.29, 1.82) is 0 Å². The van der Waals surface area contributed by atoms with Crippen molar-refractivity contribution in [3.8, 4) is 11.6 Å². The zero-order chi connectivity index (χ0) is 13.0. The molecule has 0 aliphatic rings. The van der Waals surface area contributed by atoms with E-state index in [9.17, 15) is 4.79 Å². The van der Waals surface area contributed by atoms with E-state index in [1.54, 1.807) is 50.8 Å². The van der Waals surface area contributed by atoms with E-state index in [1.807, 2.05) is 0 Å². The number of carbonyl (C=O) groups excluding carboxylic acids is 1. The van der Waals surface area contributed by atoms with Crippen molar-refractivity contribution in [2.24, 2.45) is 0 Å². The van der Waals surface area contributed by atoms with Crippen LogP contribution in [0, 0.1) is 0 Å². The Morgan fingerprint density at radius 3 is 2.78 bits per heavy atom. The first-order chi connectivity index (χ1) is 8.66. The maximum atomic E-state index is 11.8. The Morgan fingerprint density at radius 2 is 2.11 bits per heavy atom. The predicted molar refractivity (Wildman–Crippen MR) is 66.6 cm³/mol. The normalized spacial score (nSPS) is 9.89. The summed E-state index contributed by atoms with van der Waals surface area (Å²) in [4.78, 5) is 21.2. The number of amides is 1. The van der Waals surface area contributed by atoms with Crippen molar-refractivity contribution in [2.45, 2.75) is 0 Å². The minimum Gasteiger partial charge on any atom is -0.437 e. The largest absolute Gasteiger partial charge is 0.437 e. The molecule has 0 atom stereocenters. The Kier molecular flexibility index (Phi) is 3.52. The molecule has 1 aromatic heterocycles. The molecule has 0 spiro atoms. The van der Waals surface area contributed by atoms with E-state index in [0.29, 0.717) is 17.2 Å². The quantitative estimate of drug-likeness (QED) is 0.827. The SMILES string of the molecule is CN(C)C(=O)c1cccc(Oc2cnccn2)c1. The molecule has 2 rings (SSSR count). The van der Waals surface area contributed by atoms with E-state index in [-0.39, 0.29) is 5.91 Å². The zero-order valence-corrected chi connectivity index (χ0v) is 10.2. The lowest BCUT2D eigenvalue weighted by Gasteiger charge is -2.11. The van der Waals surface area contributed by atoms with Crippen LogP contribution in [0.4, 0.5) is 0 Å². The van der Waals surface area contributed by atoms with Crippen LogP contribution in [0.1, 0.15) is 10.4 Å². The van der Waals surface area contributed by atoms with Gasteiger partial charge in [0.2, 0.25) is 5.88 Å². The monoisotopic (exact) mass is 243 g/mol. The van der Waals surface area contributed by atoms with Crippen LogP contribution in [0.2, 0.25) is 0 Å². The topological polar surface area (TPSA) is 55.3 Å². The molecule has 0 fully saturated rings. The molecule has 0 aliphatic heterocycles. The van der Waals surface area contributed by atoms with Crippen LogP contribution in [0.5, 0.6) is 11.6 Å². The Morgan fingerprint density at radius 1 is 1.28 bits per heavy atom. The third kappa shape index (κ3) is 2.82. The van der Waals surface area contributed by atoms with Gasteiger partial charge in [-0.05, 0) is 18.2 Å². The summed E-state index contributed by atoms with van der Waals surface area (Å²) in [5, 5.41) is 0. The Balaban J connectivity index is 2.20. The average Bonchev–Trinajstić information content (AvgIpc) is 2.39. The second-order valence-corrected chi connectivity index (χ2v) is 3.87. The van der Waals surface area contributed by atoms with Crippen molar-refractivity contribution >= 4 is 5.91 Å². The van der Waals surface area contributed by atoms with Gasteiger partial charge in [-0.1, -0.05) is 6.07 Å². The van der Waals surface area contributed by atoms with Crippen LogP contribution in [0.25, 0.3) is 0 Å². The highest BCUT2D eigenvalue weighted by atomic mass is 16.5. The van der Waals surface area contributed by atoms with Gasteiger partial charge in [-0.25, -0.2) is 4.98 Å². The van der Waals surface area contributed by atoms with Crippen LogP contribution >= 0.6 is 0 Å². The van der Waals surface area contributed by atoms with Gasteiger partial charge in [-0.3, -0.25) is 9.78 Å². The average molecular weight is 243 g/mol. The number of nitrogens with zero attached hydrogens (tertiary/aromatic N) is 3. The van der Waals surface area contributed by atoms with Crippen molar-refractivity contribution in [3.63, 3.8) is 0 Å². The first-order valence-corrected chi connectivity index (χ1v) is 5.42. The number of rotatable bonds is 3. The molecule has 0 saturated heterocycles. The summed E-state index contributed by atoms with van der Waals surface area (Å²) >= 11 is 0. The Labute approximate surface area is 105 Å². The van der Waals surface area contributed by atoms with Gasteiger partial charge in [0.25, 0.3) is 5.91 Å². The molecule has 0 saturated carbocycles. The minimum absolute atomic E-state index is 0.0698. The predicted octanol–water partition coefficient (Wildman–Crippen LogP) is 1.97. The number of hydrogen-bond acceptors (Lipinski definition) is 4. The summed E-state index contributed by atoms with van der Waals surface area (Å²) in [6.45, 7) is 0. The third-order valence-electron chi connectivity index (χ3n) is 2.25. The van der Waals surface area contributed by atoms with Gasteiger partial charge in [0.05, 0.1) is 6.20 Å². The lowest BCUT2D eigenvalue weighted by molar-refractivity contribution is 0.0827. The Bertz CT molecular complexity index is 541. The number of aromatic nitrogens is 2. The van der Waals surface area contributed by atoms with Crippen molar-refractivity contribution in [3.05, 3.63) is 48.4 Å². The van der Waals surface area contributed by atoms with Gasteiger partial charge >= 0.3 is 0 Å². The fourth-order valence-electron chi connectivity index (χ4n) is 1.41. The van der Waals surface area contributed by atoms with Gasteiger partial charge < -0.3 is 9.64 Å². The highest BCUT2D eigenvalue weighted by molar-refractivity contribution is 5.94. The minimum atomic E-state index is -0.0698. The molecule has 0 N–H and O–H groups in total. The standard InChI is InChI=1S/C13H13N3O2/c1-16(2)13(17)10-4-3-5-11(8-10)18-12-9-14-6-7-15-12/h3-9H,1-2H3. The summed E-state index contributed by atoms with van der Waals surface area (Å²) < 4.78 is 5.50. The van der Waals surface area contributed by atoms with E-state index in [4.69, 9.17) is 4.74 Å². The van der Waals surface area contributed by atoms with E-state index in [0.717, 1.165) is 0 Å². The number of carbonyl (C=O) groups is 1. The molecule has 0 bridgehead atoms. The van der Waals surface area contributed by atoms with E-state index in [1.165, 1.54) is 11.1 Å². The van der Waals surface area contributed by atoms with Crippen LogP contribution in [0.3, 0.4) is 0 Å². The van der Waals surface area contributed by atoms with E-state index >= 15 is 0 Å². The summed E-state index contributed by atoms with van der Waals surface area (Å²) in [6.07, 6.45) is 4.63. The van der Waals surface area contributed by atoms with Gasteiger partial charge in [0, 0.05) is 32.1 Å². The molecule has 1 amide bonds. The summed E-state index contributed by atoms with van der Waals surface area (Å²) in [6, 6.07) is 6.95. The van der Waals surface area contributed by atoms with E-state index in [2.05, 4.69) is 9.97 Å². The second-order valence-electron chi connectivity index (χ2n) is 3.87. The molecule has 1 heterocycles. The van der Waals surface area contributed by atoms with Crippen LogP contribution in [-0.2, 0) is 0 Å². The summed E-state index contributed by atoms with van der Waals surface area (Å²) in [5.74, 6) is 0.884. The summed E-state index contributed by atoms with van der Waals surface area (Å²) in [7, 11) is 3.41. The van der Waals surface area contributed by atoms with Crippen LogP contribution < -0.4 is 4.74 Å². The van der Waals surface area contributed by atoms with Crippen molar-refractivity contribution in [1.82, 2.24) is 14.9 Å². The maximum absolute atomic E-state index is 11.8. The lowest BCUT2D eigenvalue weighted by Crippen LogP contribution is -2.21. The van der Waals surface area contributed by atoms with Gasteiger partial charge in [-0.15, -0.1) is 0 Å². The molecule has 1 aromatic carbocycles. The smallest absolute Gasteiger partial charge is 0.253 e. The van der Waals surface area contributed by atoms with Crippen LogP contribution in [-0.4, -0.2) is 34.9 Å². The molecule has 0 radical (unpaired) electrons. The molecule has 5 nitrogen and oxygen atoms in total. The van der Waals surface area contributed by atoms with Crippen LogP contribution in [0.15, 0.2) is 42.9 Å². The molecule has 92 valence electrons. The third-order valence-corrected chi connectivity index (χ3v) is 2.25. The molecule has 18 heavy (non-hydrogen) atoms. The highest BCUT2D eigenvalue weighted by Gasteiger charge is 2.09. The fourth-order valence-corrected chi connectivity index (χ4v) is 1.41. The highest BCUT2D eigenvalue weighted by Crippen LogP contribution is 2.19. The summed E-state index contributed by atoms with van der Waals surface area (Å²) in [5.41, 5.74) is 0.571. The first kappa shape index (κ1) is 12.0. The number of ether oxygens (including phenoxy) is 1. The zero-order valence-electron chi connectivity index (χ0n) is 10.2. The van der Waals surface area contributed by atoms with Crippen molar-refractivity contribution < 1.29 is 9.53 Å². The number of hydrogen-bond donors (Lipinski definition) is 0.